The zero-order chi connectivity index (χ0) is 17.4. The summed E-state index contributed by atoms with van der Waals surface area (Å²) in [5.41, 5.74) is 2.66. The largest absolute Gasteiger partial charge is 0.321 e. The van der Waals surface area contributed by atoms with E-state index in [1.165, 1.54) is 11.6 Å². The molecule has 0 spiro atoms. The van der Waals surface area contributed by atoms with E-state index in [4.69, 9.17) is 11.6 Å². The van der Waals surface area contributed by atoms with Crippen LogP contribution in [-0.4, -0.2) is 5.91 Å². The molecule has 0 atom stereocenters. The maximum absolute atomic E-state index is 12.3. The lowest BCUT2D eigenvalue weighted by atomic mass is 10.1. The van der Waals surface area contributed by atoms with Crippen molar-refractivity contribution < 1.29 is 4.79 Å². The molecule has 2 aromatic rings. The van der Waals surface area contributed by atoms with E-state index in [-0.39, 0.29) is 5.57 Å². The van der Waals surface area contributed by atoms with Crippen LogP contribution in [0.5, 0.6) is 0 Å². The molecule has 0 aliphatic carbocycles. The summed E-state index contributed by atoms with van der Waals surface area (Å²) in [6.07, 6.45) is 4.85. The Kier molecular flexibility index (Phi) is 6.60. The maximum Gasteiger partial charge on any atom is 0.266 e. The van der Waals surface area contributed by atoms with Crippen LogP contribution in [0.4, 0.5) is 5.69 Å². The zero-order valence-corrected chi connectivity index (χ0v) is 14.3. The minimum Gasteiger partial charge on any atom is -0.321 e. The lowest BCUT2D eigenvalue weighted by molar-refractivity contribution is -0.112. The van der Waals surface area contributed by atoms with E-state index < -0.39 is 5.91 Å². The number of hydrogen-bond acceptors (Lipinski definition) is 2. The number of rotatable bonds is 6. The number of unbranched alkanes of at least 4 members (excludes halogenated alkanes) is 1. The second kappa shape index (κ2) is 8.90. The average molecular weight is 339 g/mol. The first-order chi connectivity index (χ1) is 11.6. The molecule has 3 nitrogen and oxygen atoms in total. The van der Waals surface area contributed by atoms with Crippen molar-refractivity contribution in [1.82, 2.24) is 0 Å². The highest BCUT2D eigenvalue weighted by atomic mass is 35.5. The van der Waals surface area contributed by atoms with Gasteiger partial charge < -0.3 is 5.32 Å². The molecular weight excluding hydrogens is 320 g/mol. The molecular formula is C20H19ClN2O. The van der Waals surface area contributed by atoms with Gasteiger partial charge in [-0.2, -0.15) is 5.26 Å². The number of benzene rings is 2. The molecule has 2 rings (SSSR count). The third-order valence-corrected chi connectivity index (χ3v) is 3.79. The normalized spacial score (nSPS) is 11.0. The fraction of sp³-hybridized carbons (Fsp3) is 0.200. The Morgan fingerprint density at radius 2 is 2.00 bits per heavy atom. The van der Waals surface area contributed by atoms with Gasteiger partial charge in [0.2, 0.25) is 0 Å². The highest BCUT2D eigenvalue weighted by Crippen LogP contribution is 2.16. The van der Waals surface area contributed by atoms with Gasteiger partial charge in [-0.1, -0.05) is 49.2 Å². The topological polar surface area (TPSA) is 52.9 Å². The summed E-state index contributed by atoms with van der Waals surface area (Å²) in [5, 5.41) is 12.5. The van der Waals surface area contributed by atoms with Crippen LogP contribution < -0.4 is 5.32 Å². The standard InChI is InChI=1S/C20H19ClN2O/c1-2-3-5-15-8-10-19(11-9-15)23-20(24)17(14-22)12-16-6-4-7-18(21)13-16/h4,6-13H,2-3,5H2,1H3,(H,23,24)/b17-12+. The van der Waals surface area contributed by atoms with Crippen molar-refractivity contribution in [3.05, 3.63) is 70.3 Å². The molecule has 1 amide bonds. The first-order valence-corrected chi connectivity index (χ1v) is 8.28. The van der Waals surface area contributed by atoms with E-state index in [9.17, 15) is 10.1 Å². The summed E-state index contributed by atoms with van der Waals surface area (Å²) in [7, 11) is 0. The van der Waals surface area contributed by atoms with Crippen molar-refractivity contribution in [3.63, 3.8) is 0 Å². The summed E-state index contributed by atoms with van der Waals surface area (Å²) in [5.74, 6) is -0.432. The Bertz CT molecular complexity index is 773. The molecule has 0 bridgehead atoms. The predicted molar refractivity (Wildman–Crippen MR) is 98.7 cm³/mol. The van der Waals surface area contributed by atoms with Crippen LogP contribution in [0, 0.1) is 11.3 Å². The summed E-state index contributed by atoms with van der Waals surface area (Å²) < 4.78 is 0. The molecule has 4 heteroatoms. The number of nitrogens with one attached hydrogen (secondary N) is 1. The molecule has 0 fully saturated rings. The quantitative estimate of drug-likeness (QED) is 0.579. The van der Waals surface area contributed by atoms with Gasteiger partial charge in [-0.05, 0) is 54.3 Å². The zero-order valence-electron chi connectivity index (χ0n) is 13.6. The van der Waals surface area contributed by atoms with Crippen LogP contribution in [0.3, 0.4) is 0 Å². The Morgan fingerprint density at radius 3 is 2.62 bits per heavy atom. The van der Waals surface area contributed by atoms with E-state index in [0.717, 1.165) is 19.3 Å². The molecule has 2 aromatic carbocycles. The summed E-state index contributed by atoms with van der Waals surface area (Å²) in [6.45, 7) is 2.16. The smallest absolute Gasteiger partial charge is 0.266 e. The van der Waals surface area contributed by atoms with Crippen molar-refractivity contribution in [2.45, 2.75) is 26.2 Å². The van der Waals surface area contributed by atoms with E-state index in [1.807, 2.05) is 30.3 Å². The van der Waals surface area contributed by atoms with Crippen LogP contribution in [-0.2, 0) is 11.2 Å². The Hall–Kier alpha value is -2.57. The number of hydrogen-bond donors (Lipinski definition) is 1. The lowest BCUT2D eigenvalue weighted by Gasteiger charge is -2.06. The molecule has 0 aliphatic rings. The maximum atomic E-state index is 12.3. The van der Waals surface area contributed by atoms with Gasteiger partial charge in [0.1, 0.15) is 11.6 Å². The number of nitriles is 1. The van der Waals surface area contributed by atoms with Gasteiger partial charge in [0, 0.05) is 10.7 Å². The van der Waals surface area contributed by atoms with Crippen LogP contribution in [0.25, 0.3) is 6.08 Å². The van der Waals surface area contributed by atoms with E-state index in [1.54, 1.807) is 24.3 Å². The summed E-state index contributed by atoms with van der Waals surface area (Å²) >= 11 is 5.92. The number of nitrogens with zero attached hydrogens (tertiary/aromatic N) is 1. The van der Waals surface area contributed by atoms with Gasteiger partial charge in [0.15, 0.2) is 0 Å². The molecule has 1 N–H and O–H groups in total. The fourth-order valence-electron chi connectivity index (χ4n) is 2.25. The summed E-state index contributed by atoms with van der Waals surface area (Å²) in [6, 6.07) is 16.7. The first-order valence-electron chi connectivity index (χ1n) is 7.90. The van der Waals surface area contributed by atoms with Crippen molar-refractivity contribution in [2.24, 2.45) is 0 Å². The second-order valence-corrected chi connectivity index (χ2v) is 5.92. The van der Waals surface area contributed by atoms with Gasteiger partial charge in [-0.15, -0.1) is 0 Å². The van der Waals surface area contributed by atoms with Gasteiger partial charge in [0.05, 0.1) is 0 Å². The van der Waals surface area contributed by atoms with Gasteiger partial charge in [0.25, 0.3) is 5.91 Å². The van der Waals surface area contributed by atoms with Crippen molar-refractivity contribution in [3.8, 4) is 6.07 Å². The molecule has 0 saturated carbocycles. The number of anilines is 1. The Morgan fingerprint density at radius 1 is 1.25 bits per heavy atom. The third kappa shape index (κ3) is 5.26. The number of carbonyl (C=O) groups excluding carboxylic acids is 1. The number of amides is 1. The first kappa shape index (κ1) is 17.8. The fourth-order valence-corrected chi connectivity index (χ4v) is 2.44. The number of aryl methyl sites for hydroxylation is 1. The lowest BCUT2D eigenvalue weighted by Crippen LogP contribution is -2.13. The monoisotopic (exact) mass is 338 g/mol. The van der Waals surface area contributed by atoms with Crippen LogP contribution in [0.2, 0.25) is 5.02 Å². The molecule has 0 heterocycles. The van der Waals surface area contributed by atoms with Gasteiger partial charge >= 0.3 is 0 Å². The van der Waals surface area contributed by atoms with Crippen molar-refractivity contribution >= 4 is 29.3 Å². The number of carbonyl (C=O) groups is 1. The van der Waals surface area contributed by atoms with Crippen molar-refractivity contribution in [1.29, 1.82) is 5.26 Å². The molecule has 0 saturated heterocycles. The summed E-state index contributed by atoms with van der Waals surface area (Å²) in [4.78, 5) is 12.3. The average Bonchev–Trinajstić information content (AvgIpc) is 2.59. The van der Waals surface area contributed by atoms with Gasteiger partial charge in [-0.3, -0.25) is 4.79 Å². The van der Waals surface area contributed by atoms with E-state index >= 15 is 0 Å². The molecule has 0 aliphatic heterocycles. The van der Waals surface area contributed by atoms with E-state index in [0.29, 0.717) is 16.3 Å². The Labute approximate surface area is 147 Å². The predicted octanol–water partition coefficient (Wildman–Crippen LogP) is 5.23. The molecule has 0 radical (unpaired) electrons. The highest BCUT2D eigenvalue weighted by Gasteiger charge is 2.09. The van der Waals surface area contributed by atoms with Crippen LogP contribution >= 0.6 is 11.6 Å². The SMILES string of the molecule is CCCCc1ccc(NC(=O)/C(C#N)=C/c2cccc(Cl)c2)cc1. The molecule has 0 unspecified atom stereocenters. The van der Waals surface area contributed by atoms with Crippen molar-refractivity contribution in [2.75, 3.05) is 5.32 Å². The molecule has 0 aromatic heterocycles. The molecule has 122 valence electrons. The second-order valence-electron chi connectivity index (χ2n) is 5.48. The number of halogens is 1. The third-order valence-electron chi connectivity index (χ3n) is 3.56. The minimum atomic E-state index is -0.432. The highest BCUT2D eigenvalue weighted by molar-refractivity contribution is 6.30. The van der Waals surface area contributed by atoms with Crippen LogP contribution in [0.1, 0.15) is 30.9 Å². The van der Waals surface area contributed by atoms with Gasteiger partial charge in [-0.25, -0.2) is 0 Å². The minimum absolute atomic E-state index is 0.0346. The Balaban J connectivity index is 2.08. The van der Waals surface area contributed by atoms with E-state index in [2.05, 4.69) is 12.2 Å². The molecule has 24 heavy (non-hydrogen) atoms. The van der Waals surface area contributed by atoms with Crippen LogP contribution in [0.15, 0.2) is 54.1 Å².